The molecule has 5 heteroatoms. The monoisotopic (exact) mass is 246 g/mol. The van der Waals surface area contributed by atoms with E-state index in [1.165, 1.54) is 0 Å². The highest BCUT2D eigenvalue weighted by molar-refractivity contribution is 5.88. The topological polar surface area (TPSA) is 64.3 Å². The van der Waals surface area contributed by atoms with E-state index in [1.807, 2.05) is 24.3 Å². The molecule has 0 bridgehead atoms. The minimum absolute atomic E-state index is 0.209. The molecule has 0 aliphatic carbocycles. The van der Waals surface area contributed by atoms with E-state index < -0.39 is 5.97 Å². The SMILES string of the molecule is COc1ccc(-c2nc(C)c(C(=O)O)n2C)cc1. The first-order chi connectivity index (χ1) is 8.54. The standard InChI is InChI=1S/C13H14N2O3/c1-8-11(13(16)17)15(2)12(14-8)9-4-6-10(18-3)7-5-9/h4-7H,1-3H3,(H,16,17). The van der Waals surface area contributed by atoms with Crippen LogP contribution in [0.3, 0.4) is 0 Å². The number of methoxy groups -OCH3 is 1. The largest absolute Gasteiger partial charge is 0.497 e. The second-order valence-electron chi connectivity index (χ2n) is 3.96. The van der Waals surface area contributed by atoms with Gasteiger partial charge in [-0.15, -0.1) is 0 Å². The van der Waals surface area contributed by atoms with Crippen molar-refractivity contribution in [2.75, 3.05) is 7.11 Å². The zero-order valence-corrected chi connectivity index (χ0v) is 10.5. The number of carboxylic acids is 1. The van der Waals surface area contributed by atoms with Gasteiger partial charge in [0.25, 0.3) is 0 Å². The summed E-state index contributed by atoms with van der Waals surface area (Å²) in [6, 6.07) is 7.35. The number of rotatable bonds is 3. The van der Waals surface area contributed by atoms with Gasteiger partial charge < -0.3 is 14.4 Å². The molecule has 0 unspecified atom stereocenters. The molecule has 0 atom stereocenters. The van der Waals surface area contributed by atoms with Crippen LogP contribution in [0.15, 0.2) is 24.3 Å². The van der Waals surface area contributed by atoms with E-state index in [0.717, 1.165) is 11.3 Å². The second-order valence-corrected chi connectivity index (χ2v) is 3.96. The van der Waals surface area contributed by atoms with Crippen LogP contribution in [-0.4, -0.2) is 27.7 Å². The molecule has 0 saturated carbocycles. The van der Waals surface area contributed by atoms with E-state index in [9.17, 15) is 4.79 Å². The van der Waals surface area contributed by atoms with E-state index in [2.05, 4.69) is 4.98 Å². The Morgan fingerprint density at radius 1 is 1.33 bits per heavy atom. The molecule has 2 rings (SSSR count). The zero-order valence-electron chi connectivity index (χ0n) is 10.5. The third-order valence-electron chi connectivity index (χ3n) is 2.82. The Morgan fingerprint density at radius 3 is 2.39 bits per heavy atom. The normalized spacial score (nSPS) is 10.4. The summed E-state index contributed by atoms with van der Waals surface area (Å²) in [5.74, 6) is 0.415. The Labute approximate surface area is 105 Å². The van der Waals surface area contributed by atoms with E-state index >= 15 is 0 Å². The Hall–Kier alpha value is -2.30. The lowest BCUT2D eigenvalue weighted by Gasteiger charge is -2.04. The fourth-order valence-electron chi connectivity index (χ4n) is 1.93. The maximum Gasteiger partial charge on any atom is 0.354 e. The Balaban J connectivity index is 2.50. The number of carbonyl (C=O) groups is 1. The lowest BCUT2D eigenvalue weighted by atomic mass is 10.2. The molecule has 0 saturated heterocycles. The number of hydrogen-bond donors (Lipinski definition) is 1. The molecular weight excluding hydrogens is 232 g/mol. The van der Waals surface area contributed by atoms with Crippen molar-refractivity contribution in [2.45, 2.75) is 6.92 Å². The molecule has 0 spiro atoms. The highest BCUT2D eigenvalue weighted by Crippen LogP contribution is 2.23. The van der Waals surface area contributed by atoms with Crippen molar-refractivity contribution in [1.29, 1.82) is 0 Å². The molecule has 0 aliphatic heterocycles. The van der Waals surface area contributed by atoms with Gasteiger partial charge in [-0.1, -0.05) is 0 Å². The van der Waals surface area contributed by atoms with E-state index in [4.69, 9.17) is 9.84 Å². The summed E-state index contributed by atoms with van der Waals surface area (Å²) in [6.07, 6.45) is 0. The van der Waals surface area contributed by atoms with Gasteiger partial charge in [-0.05, 0) is 31.2 Å². The molecule has 0 radical (unpaired) electrons. The van der Waals surface area contributed by atoms with Gasteiger partial charge in [-0.25, -0.2) is 9.78 Å². The summed E-state index contributed by atoms with van der Waals surface area (Å²) in [6.45, 7) is 1.69. The van der Waals surface area contributed by atoms with Gasteiger partial charge in [-0.2, -0.15) is 0 Å². The Bertz CT molecular complexity index is 585. The van der Waals surface area contributed by atoms with Crippen molar-refractivity contribution in [3.05, 3.63) is 35.7 Å². The van der Waals surface area contributed by atoms with E-state index in [1.54, 1.807) is 25.6 Å². The number of aromatic carboxylic acids is 1. The van der Waals surface area contributed by atoms with E-state index in [0.29, 0.717) is 11.5 Å². The smallest absolute Gasteiger partial charge is 0.354 e. The summed E-state index contributed by atoms with van der Waals surface area (Å²) in [4.78, 5) is 15.4. The van der Waals surface area contributed by atoms with Crippen molar-refractivity contribution in [1.82, 2.24) is 9.55 Å². The minimum Gasteiger partial charge on any atom is -0.497 e. The quantitative estimate of drug-likeness (QED) is 0.900. The van der Waals surface area contributed by atoms with E-state index in [-0.39, 0.29) is 5.69 Å². The minimum atomic E-state index is -0.970. The van der Waals surface area contributed by atoms with Crippen LogP contribution in [0.2, 0.25) is 0 Å². The second kappa shape index (κ2) is 4.52. The molecule has 0 fully saturated rings. The van der Waals surface area contributed by atoms with Crippen molar-refractivity contribution < 1.29 is 14.6 Å². The third-order valence-corrected chi connectivity index (χ3v) is 2.82. The van der Waals surface area contributed by atoms with Crippen LogP contribution in [0.1, 0.15) is 16.2 Å². The predicted molar refractivity (Wildman–Crippen MR) is 66.9 cm³/mol. The summed E-state index contributed by atoms with van der Waals surface area (Å²) in [5.41, 5.74) is 1.57. The van der Waals surface area contributed by atoms with Crippen molar-refractivity contribution in [2.24, 2.45) is 7.05 Å². The molecule has 2 aromatic rings. The van der Waals surface area contributed by atoms with Gasteiger partial charge in [0, 0.05) is 12.6 Å². The summed E-state index contributed by atoms with van der Waals surface area (Å²) in [7, 11) is 3.30. The third kappa shape index (κ3) is 1.95. The van der Waals surface area contributed by atoms with Gasteiger partial charge in [0.2, 0.25) is 0 Å². The maximum atomic E-state index is 11.1. The van der Waals surface area contributed by atoms with Crippen LogP contribution in [0, 0.1) is 6.92 Å². The van der Waals surface area contributed by atoms with Crippen LogP contribution >= 0.6 is 0 Å². The molecule has 94 valence electrons. The number of hydrogen-bond acceptors (Lipinski definition) is 3. The fourth-order valence-corrected chi connectivity index (χ4v) is 1.93. The molecule has 18 heavy (non-hydrogen) atoms. The molecule has 0 aliphatic rings. The number of benzene rings is 1. The van der Waals surface area contributed by atoms with Gasteiger partial charge in [0.1, 0.15) is 17.3 Å². The number of ether oxygens (including phenoxy) is 1. The first-order valence-corrected chi connectivity index (χ1v) is 5.45. The van der Waals surface area contributed by atoms with Crippen molar-refractivity contribution in [3.8, 4) is 17.1 Å². The molecule has 1 aromatic heterocycles. The number of carboxylic acid groups (broad SMARTS) is 1. The first-order valence-electron chi connectivity index (χ1n) is 5.45. The molecule has 1 heterocycles. The number of nitrogens with zero attached hydrogens (tertiary/aromatic N) is 2. The lowest BCUT2D eigenvalue weighted by molar-refractivity contribution is 0.0686. The summed E-state index contributed by atoms with van der Waals surface area (Å²) in [5, 5.41) is 9.11. The van der Waals surface area contributed by atoms with Gasteiger partial charge in [0.05, 0.1) is 12.8 Å². The van der Waals surface area contributed by atoms with Crippen molar-refractivity contribution in [3.63, 3.8) is 0 Å². The van der Waals surface area contributed by atoms with Gasteiger partial charge in [-0.3, -0.25) is 0 Å². The highest BCUT2D eigenvalue weighted by Gasteiger charge is 2.18. The van der Waals surface area contributed by atoms with Crippen molar-refractivity contribution >= 4 is 5.97 Å². The highest BCUT2D eigenvalue weighted by atomic mass is 16.5. The molecular formula is C13H14N2O3. The van der Waals surface area contributed by atoms with Crippen LogP contribution in [0.4, 0.5) is 0 Å². The molecule has 1 N–H and O–H groups in total. The Morgan fingerprint density at radius 2 is 1.94 bits per heavy atom. The zero-order chi connectivity index (χ0) is 13.3. The Kier molecular flexibility index (Phi) is 3.06. The summed E-state index contributed by atoms with van der Waals surface area (Å²) < 4.78 is 6.66. The van der Waals surface area contributed by atoms with Crippen LogP contribution in [0.25, 0.3) is 11.4 Å². The van der Waals surface area contributed by atoms with Gasteiger partial charge >= 0.3 is 5.97 Å². The van der Waals surface area contributed by atoms with Gasteiger partial charge in [0.15, 0.2) is 0 Å². The fraction of sp³-hybridized carbons (Fsp3) is 0.231. The maximum absolute atomic E-state index is 11.1. The molecule has 0 amide bonds. The number of aromatic nitrogens is 2. The predicted octanol–water partition coefficient (Wildman–Crippen LogP) is 2.10. The van der Waals surface area contributed by atoms with Crippen LogP contribution in [0.5, 0.6) is 5.75 Å². The average Bonchev–Trinajstić information content (AvgIpc) is 2.65. The number of aryl methyl sites for hydroxylation is 1. The lowest BCUT2D eigenvalue weighted by Crippen LogP contribution is -2.06. The first kappa shape index (κ1) is 12.2. The van der Waals surface area contributed by atoms with Crippen LogP contribution in [-0.2, 0) is 7.05 Å². The molecule has 5 nitrogen and oxygen atoms in total. The summed E-state index contributed by atoms with van der Waals surface area (Å²) >= 11 is 0. The number of imidazole rings is 1. The van der Waals surface area contributed by atoms with Crippen LogP contribution < -0.4 is 4.74 Å². The molecule has 1 aromatic carbocycles. The average molecular weight is 246 g/mol.